The minimum atomic E-state index is -3.43. The minimum absolute atomic E-state index is 0.325. The first-order valence-corrected chi connectivity index (χ1v) is 8.77. The van der Waals surface area contributed by atoms with E-state index in [2.05, 4.69) is 16.1 Å². The van der Waals surface area contributed by atoms with Gasteiger partial charge < -0.3 is 10.1 Å². The van der Waals surface area contributed by atoms with E-state index >= 15 is 0 Å². The molecule has 2 aliphatic rings. The molecule has 2 N–H and O–H groups in total. The average Bonchev–Trinajstić information content (AvgIpc) is 2.95. The summed E-state index contributed by atoms with van der Waals surface area (Å²) in [5.74, 6) is 0.800. The van der Waals surface area contributed by atoms with E-state index in [1.165, 1.54) is 5.57 Å². The van der Waals surface area contributed by atoms with Crippen molar-refractivity contribution in [2.24, 2.45) is 0 Å². The van der Waals surface area contributed by atoms with Gasteiger partial charge in [-0.25, -0.2) is 13.1 Å². The Hall–Kier alpha value is -1.37. The summed E-state index contributed by atoms with van der Waals surface area (Å²) in [5.41, 5.74) is 2.29. The fourth-order valence-corrected chi connectivity index (χ4v) is 3.74. The largest absolute Gasteiger partial charge is 0.493 e. The molecule has 3 rings (SSSR count). The molecule has 114 valence electrons. The van der Waals surface area contributed by atoms with Gasteiger partial charge in [0.1, 0.15) is 5.75 Å². The number of nitrogens with one attached hydrogen (secondary N) is 2. The van der Waals surface area contributed by atoms with E-state index in [-0.39, 0.29) is 0 Å². The lowest BCUT2D eigenvalue weighted by Gasteiger charge is -2.14. The zero-order chi connectivity index (χ0) is 14.7. The fraction of sp³-hybridized carbons (Fsp3) is 0.467. The molecule has 0 unspecified atom stereocenters. The molecule has 0 radical (unpaired) electrons. The minimum Gasteiger partial charge on any atom is -0.493 e. The zero-order valence-electron chi connectivity index (χ0n) is 11.9. The van der Waals surface area contributed by atoms with E-state index in [9.17, 15) is 8.42 Å². The van der Waals surface area contributed by atoms with E-state index in [0.717, 1.165) is 43.7 Å². The Bertz CT molecular complexity index is 653. The van der Waals surface area contributed by atoms with E-state index in [0.29, 0.717) is 18.0 Å². The second-order valence-corrected chi connectivity index (χ2v) is 7.10. The first-order chi connectivity index (χ1) is 10.1. The molecular formula is C15H20N2O3S. The van der Waals surface area contributed by atoms with Gasteiger partial charge in [-0.3, -0.25) is 0 Å². The van der Waals surface area contributed by atoms with Crippen LogP contribution in [-0.2, 0) is 16.4 Å². The van der Waals surface area contributed by atoms with Crippen molar-refractivity contribution >= 4 is 10.0 Å². The van der Waals surface area contributed by atoms with Crippen molar-refractivity contribution < 1.29 is 13.2 Å². The number of ether oxygens (including phenoxy) is 1. The van der Waals surface area contributed by atoms with Crippen molar-refractivity contribution in [3.8, 4) is 5.75 Å². The number of hydrogen-bond acceptors (Lipinski definition) is 4. The molecule has 0 aromatic heterocycles. The maximum atomic E-state index is 12.3. The van der Waals surface area contributed by atoms with Crippen LogP contribution < -0.4 is 14.8 Å². The first kappa shape index (κ1) is 14.6. The van der Waals surface area contributed by atoms with Crippen LogP contribution in [-0.4, -0.2) is 34.7 Å². The van der Waals surface area contributed by atoms with E-state index < -0.39 is 10.0 Å². The molecule has 2 aliphatic heterocycles. The summed E-state index contributed by atoms with van der Waals surface area (Å²) in [5, 5.41) is 3.24. The smallest absolute Gasteiger partial charge is 0.240 e. The average molecular weight is 308 g/mol. The number of hydrogen-bond donors (Lipinski definition) is 2. The standard InChI is InChI=1S/C15H20N2O3S/c18-21(19,17-9-5-12-3-7-16-8-4-12)14-1-2-15-13(11-14)6-10-20-15/h1-3,11,16-17H,4-10H2. The van der Waals surface area contributed by atoms with Crippen LogP contribution in [0.5, 0.6) is 5.75 Å². The Labute approximate surface area is 125 Å². The maximum Gasteiger partial charge on any atom is 0.240 e. The molecule has 0 saturated heterocycles. The van der Waals surface area contributed by atoms with Crippen LogP contribution in [0.15, 0.2) is 34.7 Å². The van der Waals surface area contributed by atoms with Crippen LogP contribution in [0.4, 0.5) is 0 Å². The van der Waals surface area contributed by atoms with Crippen LogP contribution in [0.1, 0.15) is 18.4 Å². The predicted molar refractivity (Wildman–Crippen MR) is 81.0 cm³/mol. The second kappa shape index (κ2) is 6.17. The van der Waals surface area contributed by atoms with Crippen molar-refractivity contribution in [3.63, 3.8) is 0 Å². The van der Waals surface area contributed by atoms with Gasteiger partial charge in [0.15, 0.2) is 0 Å². The van der Waals surface area contributed by atoms with Crippen molar-refractivity contribution in [2.75, 3.05) is 26.2 Å². The molecule has 0 aliphatic carbocycles. The SMILES string of the molecule is O=S(=O)(NCCC1=CCNCC1)c1ccc2c(c1)CCO2. The summed E-state index contributed by atoms with van der Waals surface area (Å²) in [7, 11) is -3.43. The highest BCUT2D eigenvalue weighted by Crippen LogP contribution is 2.27. The van der Waals surface area contributed by atoms with Gasteiger partial charge in [-0.1, -0.05) is 11.6 Å². The van der Waals surface area contributed by atoms with Gasteiger partial charge >= 0.3 is 0 Å². The van der Waals surface area contributed by atoms with Crippen LogP contribution in [0.25, 0.3) is 0 Å². The summed E-state index contributed by atoms with van der Waals surface area (Å²) in [6, 6.07) is 5.07. The number of benzene rings is 1. The highest BCUT2D eigenvalue weighted by atomic mass is 32.2. The summed E-state index contributed by atoms with van der Waals surface area (Å²) >= 11 is 0. The fourth-order valence-electron chi connectivity index (χ4n) is 2.66. The third-order valence-electron chi connectivity index (χ3n) is 3.87. The number of rotatable bonds is 5. The third-order valence-corrected chi connectivity index (χ3v) is 5.33. The normalized spacial score (nSPS) is 18.0. The Morgan fingerprint density at radius 1 is 1.29 bits per heavy atom. The highest BCUT2D eigenvalue weighted by Gasteiger charge is 2.19. The third kappa shape index (κ3) is 3.45. The lowest BCUT2D eigenvalue weighted by molar-refractivity contribution is 0.356. The molecule has 0 saturated carbocycles. The lowest BCUT2D eigenvalue weighted by Crippen LogP contribution is -2.27. The van der Waals surface area contributed by atoms with Crippen molar-refractivity contribution in [3.05, 3.63) is 35.4 Å². The van der Waals surface area contributed by atoms with Gasteiger partial charge in [0.25, 0.3) is 0 Å². The van der Waals surface area contributed by atoms with Crippen LogP contribution >= 0.6 is 0 Å². The van der Waals surface area contributed by atoms with Crippen molar-refractivity contribution in [2.45, 2.75) is 24.2 Å². The molecule has 0 atom stereocenters. The monoisotopic (exact) mass is 308 g/mol. The summed E-state index contributed by atoms with van der Waals surface area (Å²) in [4.78, 5) is 0.325. The van der Waals surface area contributed by atoms with Gasteiger partial charge in [-0.15, -0.1) is 0 Å². The Balaban J connectivity index is 1.62. The second-order valence-electron chi connectivity index (χ2n) is 5.33. The van der Waals surface area contributed by atoms with E-state index in [1.54, 1.807) is 18.2 Å². The quantitative estimate of drug-likeness (QED) is 0.802. The maximum absolute atomic E-state index is 12.3. The number of sulfonamides is 1. The molecule has 0 spiro atoms. The molecule has 21 heavy (non-hydrogen) atoms. The molecule has 5 nitrogen and oxygen atoms in total. The van der Waals surface area contributed by atoms with Crippen LogP contribution in [0, 0.1) is 0 Å². The van der Waals surface area contributed by atoms with Gasteiger partial charge in [-0.05, 0) is 43.1 Å². The predicted octanol–water partition coefficient (Wildman–Crippen LogP) is 1.21. The molecule has 1 aromatic carbocycles. The molecule has 0 bridgehead atoms. The summed E-state index contributed by atoms with van der Waals surface area (Å²) in [6.45, 7) is 2.94. The molecule has 0 amide bonds. The highest BCUT2D eigenvalue weighted by molar-refractivity contribution is 7.89. The molecular weight excluding hydrogens is 288 g/mol. The van der Waals surface area contributed by atoms with Crippen molar-refractivity contribution in [1.29, 1.82) is 0 Å². The van der Waals surface area contributed by atoms with Gasteiger partial charge in [0.2, 0.25) is 10.0 Å². The Kier molecular flexibility index (Phi) is 4.28. The molecule has 6 heteroatoms. The zero-order valence-corrected chi connectivity index (χ0v) is 12.7. The number of fused-ring (bicyclic) bond motifs is 1. The first-order valence-electron chi connectivity index (χ1n) is 7.29. The van der Waals surface area contributed by atoms with Gasteiger partial charge in [0, 0.05) is 19.5 Å². The van der Waals surface area contributed by atoms with Crippen LogP contribution in [0.3, 0.4) is 0 Å². The topological polar surface area (TPSA) is 67.4 Å². The van der Waals surface area contributed by atoms with E-state index in [4.69, 9.17) is 4.74 Å². The Morgan fingerprint density at radius 3 is 3.00 bits per heavy atom. The molecule has 2 heterocycles. The summed E-state index contributed by atoms with van der Waals surface area (Å²) < 4.78 is 32.7. The van der Waals surface area contributed by atoms with Crippen LogP contribution in [0.2, 0.25) is 0 Å². The molecule has 1 aromatic rings. The Morgan fingerprint density at radius 2 is 2.19 bits per heavy atom. The van der Waals surface area contributed by atoms with Gasteiger partial charge in [0.05, 0.1) is 11.5 Å². The van der Waals surface area contributed by atoms with E-state index in [1.807, 2.05) is 0 Å². The summed E-state index contributed by atoms with van der Waals surface area (Å²) in [6.07, 6.45) is 4.69. The molecule has 0 fully saturated rings. The van der Waals surface area contributed by atoms with Crippen molar-refractivity contribution in [1.82, 2.24) is 10.0 Å². The van der Waals surface area contributed by atoms with Gasteiger partial charge in [-0.2, -0.15) is 0 Å². The lowest BCUT2D eigenvalue weighted by atomic mass is 10.1.